The largest absolute Gasteiger partial charge is 0.497 e. The lowest BCUT2D eigenvalue weighted by Crippen LogP contribution is -2.49. The summed E-state index contributed by atoms with van der Waals surface area (Å²) in [5, 5.41) is 2.92. The lowest BCUT2D eigenvalue weighted by atomic mass is 9.94. The van der Waals surface area contributed by atoms with Gasteiger partial charge < -0.3 is 29.2 Å². The minimum absolute atomic E-state index is 0.0484. The predicted molar refractivity (Wildman–Crippen MR) is 132 cm³/mol. The van der Waals surface area contributed by atoms with Gasteiger partial charge in [-0.1, -0.05) is 0 Å². The number of urea groups is 1. The van der Waals surface area contributed by atoms with Gasteiger partial charge in [0.05, 0.1) is 32.4 Å². The maximum absolute atomic E-state index is 13.3. The van der Waals surface area contributed by atoms with Gasteiger partial charge in [-0.25, -0.2) is 9.59 Å². The van der Waals surface area contributed by atoms with Crippen molar-refractivity contribution in [1.29, 1.82) is 0 Å². The molecule has 0 aromatic heterocycles. The van der Waals surface area contributed by atoms with Crippen LogP contribution in [0.5, 0.6) is 11.5 Å². The molecule has 3 rings (SSSR count). The molecule has 0 saturated carbocycles. The normalized spacial score (nSPS) is 19.0. The maximum Gasteiger partial charge on any atom is 0.338 e. The van der Waals surface area contributed by atoms with Crippen LogP contribution in [0.1, 0.15) is 24.9 Å². The van der Waals surface area contributed by atoms with Gasteiger partial charge >= 0.3 is 12.0 Å². The summed E-state index contributed by atoms with van der Waals surface area (Å²) >= 11 is 0. The molecule has 3 amide bonds. The molecular formula is C25H36N4O7. The van der Waals surface area contributed by atoms with E-state index in [9.17, 15) is 14.4 Å². The molecule has 2 aliphatic rings. The fraction of sp³-hybridized carbons (Fsp3) is 0.560. The van der Waals surface area contributed by atoms with Crippen LogP contribution in [0.3, 0.4) is 0 Å². The van der Waals surface area contributed by atoms with E-state index in [0.29, 0.717) is 61.1 Å². The molecule has 1 N–H and O–H groups in total. The lowest BCUT2D eigenvalue weighted by Gasteiger charge is -2.36. The van der Waals surface area contributed by atoms with E-state index in [0.717, 1.165) is 6.42 Å². The Bertz CT molecular complexity index is 974. The van der Waals surface area contributed by atoms with Gasteiger partial charge in [-0.2, -0.15) is 0 Å². The number of nitrogens with one attached hydrogen (secondary N) is 1. The molecule has 0 spiro atoms. The number of rotatable bonds is 9. The Balaban J connectivity index is 1.98. The number of methoxy groups -OCH3 is 3. The van der Waals surface area contributed by atoms with Gasteiger partial charge in [0.1, 0.15) is 18.1 Å². The first kappa shape index (κ1) is 27.3. The van der Waals surface area contributed by atoms with Gasteiger partial charge in [0, 0.05) is 58.6 Å². The third-order valence-corrected chi connectivity index (χ3v) is 6.36. The van der Waals surface area contributed by atoms with E-state index in [-0.39, 0.29) is 25.2 Å². The third-order valence-electron chi connectivity index (χ3n) is 6.36. The lowest BCUT2D eigenvalue weighted by molar-refractivity contribution is -0.139. The standard InChI is InChI=1S/C25H36N4O7/c1-6-36-24(31)22-20(15-28-8-7-9-29(11-10-28)21(30)16-33-3)27(2)25(32)26-23(22)17-12-18(34-4)14-19(13-17)35-5/h12-14,23H,6-11,15-16H2,1-5H3,(H,26,32). The average Bonchev–Trinajstić information content (AvgIpc) is 3.12. The van der Waals surface area contributed by atoms with Crippen LogP contribution in [0.4, 0.5) is 4.79 Å². The van der Waals surface area contributed by atoms with Crippen molar-refractivity contribution in [3.05, 3.63) is 35.0 Å². The highest BCUT2D eigenvalue weighted by Crippen LogP contribution is 2.35. The van der Waals surface area contributed by atoms with Crippen molar-refractivity contribution < 1.29 is 33.3 Å². The summed E-state index contributed by atoms with van der Waals surface area (Å²) in [5.74, 6) is 0.524. The van der Waals surface area contributed by atoms with Crippen molar-refractivity contribution in [2.24, 2.45) is 0 Å². The number of hydrogen-bond acceptors (Lipinski definition) is 8. The number of benzene rings is 1. The monoisotopic (exact) mass is 504 g/mol. The summed E-state index contributed by atoms with van der Waals surface area (Å²) < 4.78 is 21.2. The second-order valence-electron chi connectivity index (χ2n) is 8.61. The van der Waals surface area contributed by atoms with Crippen LogP contribution in [0.2, 0.25) is 0 Å². The van der Waals surface area contributed by atoms with E-state index in [4.69, 9.17) is 18.9 Å². The Kier molecular flexibility index (Phi) is 9.54. The Labute approximate surface area is 211 Å². The zero-order valence-corrected chi connectivity index (χ0v) is 21.7. The SMILES string of the molecule is CCOC(=O)C1=C(CN2CCCN(C(=O)COC)CC2)N(C)C(=O)NC1c1cc(OC)cc(OC)c1. The number of hydrogen-bond donors (Lipinski definition) is 1. The molecule has 1 fully saturated rings. The Morgan fingerprint density at radius 2 is 1.72 bits per heavy atom. The van der Waals surface area contributed by atoms with Crippen LogP contribution in [0, 0.1) is 0 Å². The molecule has 36 heavy (non-hydrogen) atoms. The summed E-state index contributed by atoms with van der Waals surface area (Å²) in [5.41, 5.74) is 1.55. The first-order valence-corrected chi connectivity index (χ1v) is 12.0. The molecule has 11 nitrogen and oxygen atoms in total. The number of esters is 1. The second-order valence-corrected chi connectivity index (χ2v) is 8.61. The van der Waals surface area contributed by atoms with Gasteiger partial charge in [-0.05, 0) is 31.0 Å². The van der Waals surface area contributed by atoms with Gasteiger partial charge in [0.25, 0.3) is 0 Å². The van der Waals surface area contributed by atoms with E-state index in [2.05, 4.69) is 10.2 Å². The first-order chi connectivity index (χ1) is 17.3. The quantitative estimate of drug-likeness (QED) is 0.503. The van der Waals surface area contributed by atoms with E-state index in [1.54, 1.807) is 51.3 Å². The number of amides is 3. The number of ether oxygens (including phenoxy) is 4. The molecule has 11 heteroatoms. The van der Waals surface area contributed by atoms with Crippen LogP contribution in [-0.4, -0.2) is 107 Å². The Morgan fingerprint density at radius 1 is 1.03 bits per heavy atom. The van der Waals surface area contributed by atoms with E-state index in [1.807, 2.05) is 0 Å². The molecular weight excluding hydrogens is 468 g/mol. The molecule has 2 aliphatic heterocycles. The minimum Gasteiger partial charge on any atom is -0.497 e. The zero-order valence-electron chi connectivity index (χ0n) is 21.7. The van der Waals surface area contributed by atoms with Crippen molar-refractivity contribution in [2.75, 3.05) is 74.3 Å². The second kappa shape index (κ2) is 12.6. The topological polar surface area (TPSA) is 110 Å². The molecule has 1 aromatic rings. The number of carbonyl (C=O) groups is 3. The molecule has 0 aliphatic carbocycles. The molecule has 0 bridgehead atoms. The van der Waals surface area contributed by atoms with Crippen molar-refractivity contribution in [2.45, 2.75) is 19.4 Å². The van der Waals surface area contributed by atoms with Crippen molar-refractivity contribution in [3.8, 4) is 11.5 Å². The third kappa shape index (κ3) is 6.27. The molecule has 1 unspecified atom stereocenters. The van der Waals surface area contributed by atoms with Gasteiger partial charge in [-0.15, -0.1) is 0 Å². The smallest absolute Gasteiger partial charge is 0.338 e. The summed E-state index contributed by atoms with van der Waals surface area (Å²) in [6.45, 7) is 4.82. The number of nitrogens with zero attached hydrogens (tertiary/aromatic N) is 3. The summed E-state index contributed by atoms with van der Waals surface area (Å²) in [6, 6.07) is 4.17. The minimum atomic E-state index is -0.751. The molecule has 198 valence electrons. The van der Waals surface area contributed by atoms with E-state index < -0.39 is 12.0 Å². The Morgan fingerprint density at radius 3 is 2.33 bits per heavy atom. The molecule has 0 radical (unpaired) electrons. The number of likely N-dealkylation sites (N-methyl/N-ethyl adjacent to an activating group) is 1. The van der Waals surface area contributed by atoms with Crippen molar-refractivity contribution in [1.82, 2.24) is 20.0 Å². The highest BCUT2D eigenvalue weighted by atomic mass is 16.5. The zero-order chi connectivity index (χ0) is 26.2. The van der Waals surface area contributed by atoms with Crippen molar-refractivity contribution in [3.63, 3.8) is 0 Å². The van der Waals surface area contributed by atoms with Gasteiger partial charge in [-0.3, -0.25) is 14.6 Å². The van der Waals surface area contributed by atoms with Crippen LogP contribution < -0.4 is 14.8 Å². The van der Waals surface area contributed by atoms with Crippen LogP contribution in [0.15, 0.2) is 29.5 Å². The summed E-state index contributed by atoms with van der Waals surface area (Å²) in [6.07, 6.45) is 0.768. The molecule has 1 atom stereocenters. The van der Waals surface area contributed by atoms with E-state index in [1.165, 1.54) is 12.0 Å². The average molecular weight is 505 g/mol. The first-order valence-electron chi connectivity index (χ1n) is 12.0. The maximum atomic E-state index is 13.3. The molecule has 1 saturated heterocycles. The van der Waals surface area contributed by atoms with Crippen molar-refractivity contribution >= 4 is 17.9 Å². The predicted octanol–water partition coefficient (Wildman–Crippen LogP) is 1.40. The van der Waals surface area contributed by atoms with Crippen LogP contribution >= 0.6 is 0 Å². The fourth-order valence-corrected chi connectivity index (χ4v) is 4.45. The number of carbonyl (C=O) groups excluding carboxylic acids is 3. The molecule has 1 aromatic carbocycles. The van der Waals surface area contributed by atoms with Crippen LogP contribution in [0.25, 0.3) is 0 Å². The highest BCUT2D eigenvalue weighted by molar-refractivity contribution is 5.95. The van der Waals surface area contributed by atoms with Crippen LogP contribution in [-0.2, 0) is 19.1 Å². The fourth-order valence-electron chi connectivity index (χ4n) is 4.45. The van der Waals surface area contributed by atoms with E-state index >= 15 is 0 Å². The van der Waals surface area contributed by atoms with Gasteiger partial charge in [0.2, 0.25) is 5.91 Å². The Hall–Kier alpha value is -3.31. The summed E-state index contributed by atoms with van der Waals surface area (Å²) in [7, 11) is 6.22. The van der Waals surface area contributed by atoms with Gasteiger partial charge in [0.15, 0.2) is 0 Å². The highest BCUT2D eigenvalue weighted by Gasteiger charge is 2.38. The summed E-state index contributed by atoms with van der Waals surface area (Å²) in [4.78, 5) is 44.0. The molecule has 2 heterocycles.